The average Bonchev–Trinajstić information content (AvgIpc) is 3.08. The molecule has 0 atom stereocenters. The minimum Gasteiger partial charge on any atom is -0.370 e. The Morgan fingerprint density at radius 2 is 2.09 bits per heavy atom. The predicted octanol–water partition coefficient (Wildman–Crippen LogP) is 1.79. The number of nitrogens with zero attached hydrogens (tertiary/aromatic N) is 5. The summed E-state index contributed by atoms with van der Waals surface area (Å²) in [7, 11) is 0. The van der Waals surface area contributed by atoms with Gasteiger partial charge >= 0.3 is 0 Å². The molecule has 6 nitrogen and oxygen atoms in total. The van der Waals surface area contributed by atoms with Crippen LogP contribution in [-0.4, -0.2) is 47.0 Å². The average molecular weight is 430 g/mol. The first kappa shape index (κ1) is 16.9. The van der Waals surface area contributed by atoms with Crippen LogP contribution in [0.1, 0.15) is 5.56 Å². The van der Waals surface area contributed by atoms with Crippen molar-refractivity contribution in [3.8, 4) is 0 Å². The van der Waals surface area contributed by atoms with Crippen molar-refractivity contribution in [3.05, 3.63) is 41.7 Å². The molecule has 0 bridgehead atoms. The fourth-order valence-corrected chi connectivity index (χ4v) is 2.96. The fraction of sp³-hybridized carbons (Fsp3) is 0.357. The van der Waals surface area contributed by atoms with Gasteiger partial charge in [-0.3, -0.25) is 4.98 Å². The van der Waals surface area contributed by atoms with Crippen molar-refractivity contribution >= 4 is 46.4 Å². The minimum atomic E-state index is 0. The second-order valence-electron chi connectivity index (χ2n) is 4.82. The summed E-state index contributed by atoms with van der Waals surface area (Å²) in [5.74, 6) is 0.609. The van der Waals surface area contributed by atoms with Crippen molar-refractivity contribution in [2.75, 3.05) is 31.1 Å². The second-order valence-corrected chi connectivity index (χ2v) is 5.70. The summed E-state index contributed by atoms with van der Waals surface area (Å²) in [5.41, 5.74) is 7.16. The highest BCUT2D eigenvalue weighted by molar-refractivity contribution is 14.0. The second kappa shape index (κ2) is 8.28. The van der Waals surface area contributed by atoms with Crippen LogP contribution in [0.25, 0.3) is 0 Å². The van der Waals surface area contributed by atoms with Crippen LogP contribution in [0.15, 0.2) is 41.1 Å². The maximum Gasteiger partial charge on any atom is 0.191 e. The van der Waals surface area contributed by atoms with E-state index in [4.69, 9.17) is 5.73 Å². The summed E-state index contributed by atoms with van der Waals surface area (Å²) in [6.45, 7) is 4.18. The zero-order chi connectivity index (χ0) is 14.5. The van der Waals surface area contributed by atoms with Gasteiger partial charge in [0, 0.05) is 50.1 Å². The number of pyridine rings is 1. The Balaban J connectivity index is 0.00000176. The van der Waals surface area contributed by atoms with Crippen LogP contribution >= 0.6 is 35.3 Å². The summed E-state index contributed by atoms with van der Waals surface area (Å²) in [4.78, 5) is 17.3. The maximum absolute atomic E-state index is 6.08. The molecule has 8 heteroatoms. The Hall–Kier alpha value is -1.42. The molecular formula is C14H19IN6S. The van der Waals surface area contributed by atoms with E-state index in [0.717, 1.165) is 36.9 Å². The minimum absolute atomic E-state index is 0. The van der Waals surface area contributed by atoms with Crippen LogP contribution in [0.4, 0.5) is 5.13 Å². The quantitative estimate of drug-likeness (QED) is 0.457. The van der Waals surface area contributed by atoms with Gasteiger partial charge in [-0.15, -0.1) is 35.3 Å². The molecule has 1 fully saturated rings. The van der Waals surface area contributed by atoms with E-state index in [1.165, 1.54) is 0 Å². The van der Waals surface area contributed by atoms with E-state index in [1.54, 1.807) is 17.5 Å². The molecule has 0 spiro atoms. The largest absolute Gasteiger partial charge is 0.370 e. The van der Waals surface area contributed by atoms with E-state index in [9.17, 15) is 0 Å². The maximum atomic E-state index is 6.08. The first-order valence-electron chi connectivity index (χ1n) is 6.91. The molecule has 0 unspecified atom stereocenters. The number of aromatic nitrogens is 2. The lowest BCUT2D eigenvalue weighted by molar-refractivity contribution is 0.380. The third kappa shape index (κ3) is 4.29. The molecule has 2 aromatic heterocycles. The highest BCUT2D eigenvalue weighted by Crippen LogP contribution is 2.18. The monoisotopic (exact) mass is 430 g/mol. The van der Waals surface area contributed by atoms with E-state index in [1.807, 2.05) is 29.9 Å². The molecule has 3 rings (SSSR count). The molecule has 1 aliphatic heterocycles. The number of halogens is 1. The molecule has 2 aromatic rings. The summed E-state index contributed by atoms with van der Waals surface area (Å²) in [5, 5.41) is 3.09. The molecule has 118 valence electrons. The van der Waals surface area contributed by atoms with E-state index in [0.29, 0.717) is 12.5 Å². The Labute approximate surface area is 151 Å². The molecule has 1 aliphatic rings. The number of thiazole rings is 1. The topological polar surface area (TPSA) is 70.6 Å². The number of aliphatic imine (C=N–C) groups is 1. The van der Waals surface area contributed by atoms with Crippen molar-refractivity contribution < 1.29 is 0 Å². The van der Waals surface area contributed by atoms with E-state index in [-0.39, 0.29) is 24.0 Å². The lowest BCUT2D eigenvalue weighted by Crippen LogP contribution is -2.51. The smallest absolute Gasteiger partial charge is 0.191 e. The van der Waals surface area contributed by atoms with Gasteiger partial charge in [-0.25, -0.2) is 9.98 Å². The molecule has 0 aromatic carbocycles. The molecule has 3 heterocycles. The number of hydrogen-bond acceptors (Lipinski definition) is 5. The fourth-order valence-electron chi connectivity index (χ4n) is 2.26. The first-order valence-corrected chi connectivity index (χ1v) is 7.79. The number of guanidine groups is 1. The third-order valence-electron chi connectivity index (χ3n) is 3.44. The summed E-state index contributed by atoms with van der Waals surface area (Å²) < 4.78 is 0. The molecule has 22 heavy (non-hydrogen) atoms. The van der Waals surface area contributed by atoms with E-state index >= 15 is 0 Å². The van der Waals surface area contributed by atoms with Crippen LogP contribution in [0, 0.1) is 0 Å². The molecule has 2 N–H and O–H groups in total. The standard InChI is InChI=1S/C14H18N6S.HI/c15-13(18-11-12-2-1-3-16-10-12)19-5-7-20(8-6-19)14-17-4-9-21-14;/h1-4,9-10H,5-8,11H2,(H2,15,18);1H. The first-order chi connectivity index (χ1) is 10.3. The lowest BCUT2D eigenvalue weighted by atomic mass is 10.3. The molecule has 0 amide bonds. The highest BCUT2D eigenvalue weighted by Gasteiger charge is 2.19. The van der Waals surface area contributed by atoms with Crippen molar-refractivity contribution in [2.24, 2.45) is 10.7 Å². The van der Waals surface area contributed by atoms with Gasteiger partial charge in [0.1, 0.15) is 0 Å². The van der Waals surface area contributed by atoms with Crippen LogP contribution in [0.2, 0.25) is 0 Å². The number of piperazine rings is 1. The predicted molar refractivity (Wildman–Crippen MR) is 101 cm³/mol. The van der Waals surface area contributed by atoms with Crippen molar-refractivity contribution in [3.63, 3.8) is 0 Å². The number of rotatable bonds is 3. The highest BCUT2D eigenvalue weighted by atomic mass is 127. The lowest BCUT2D eigenvalue weighted by Gasteiger charge is -2.35. The number of hydrogen-bond donors (Lipinski definition) is 1. The molecule has 0 radical (unpaired) electrons. The van der Waals surface area contributed by atoms with Gasteiger partial charge in [-0.05, 0) is 11.6 Å². The normalized spacial score (nSPS) is 15.5. The van der Waals surface area contributed by atoms with E-state index in [2.05, 4.69) is 24.8 Å². The zero-order valence-corrected chi connectivity index (χ0v) is 15.3. The number of nitrogens with two attached hydrogens (primary N) is 1. The van der Waals surface area contributed by atoms with Crippen molar-refractivity contribution in [2.45, 2.75) is 6.54 Å². The molecular weight excluding hydrogens is 411 g/mol. The van der Waals surface area contributed by atoms with Gasteiger partial charge in [-0.1, -0.05) is 6.07 Å². The van der Waals surface area contributed by atoms with Gasteiger partial charge in [0.15, 0.2) is 11.1 Å². The summed E-state index contributed by atoms with van der Waals surface area (Å²) in [6.07, 6.45) is 5.42. The van der Waals surface area contributed by atoms with Crippen LogP contribution < -0.4 is 10.6 Å². The van der Waals surface area contributed by atoms with E-state index < -0.39 is 0 Å². The van der Waals surface area contributed by atoms with Crippen molar-refractivity contribution in [1.82, 2.24) is 14.9 Å². The zero-order valence-electron chi connectivity index (χ0n) is 12.1. The summed E-state index contributed by atoms with van der Waals surface area (Å²) >= 11 is 1.67. The van der Waals surface area contributed by atoms with Gasteiger partial charge in [0.2, 0.25) is 0 Å². The number of anilines is 1. The molecule has 0 aliphatic carbocycles. The molecule has 0 saturated carbocycles. The Bertz CT molecular complexity index is 581. The Kier molecular flexibility index (Phi) is 6.37. The van der Waals surface area contributed by atoms with Crippen LogP contribution in [0.3, 0.4) is 0 Å². The SMILES string of the molecule is I.NC(=NCc1cccnc1)N1CCN(c2nccs2)CC1. The van der Waals surface area contributed by atoms with Gasteiger partial charge in [0.05, 0.1) is 6.54 Å². The van der Waals surface area contributed by atoms with Crippen molar-refractivity contribution in [1.29, 1.82) is 0 Å². The Morgan fingerprint density at radius 3 is 2.73 bits per heavy atom. The van der Waals surface area contributed by atoms with Crippen LogP contribution in [-0.2, 0) is 6.54 Å². The Morgan fingerprint density at radius 1 is 1.27 bits per heavy atom. The van der Waals surface area contributed by atoms with Gasteiger partial charge in [0.25, 0.3) is 0 Å². The van der Waals surface area contributed by atoms with Gasteiger partial charge in [-0.2, -0.15) is 0 Å². The van der Waals surface area contributed by atoms with Gasteiger partial charge < -0.3 is 15.5 Å². The summed E-state index contributed by atoms with van der Waals surface area (Å²) in [6, 6.07) is 3.91. The third-order valence-corrected chi connectivity index (χ3v) is 4.27. The van der Waals surface area contributed by atoms with Crippen LogP contribution in [0.5, 0.6) is 0 Å². The molecule has 1 saturated heterocycles.